The summed E-state index contributed by atoms with van der Waals surface area (Å²) in [7, 11) is 0. The number of alkyl halides is 3. The van der Waals surface area contributed by atoms with Crippen LogP contribution in [0.15, 0.2) is 84.9 Å². The van der Waals surface area contributed by atoms with E-state index >= 15 is 0 Å². The molecular formula is C28H27F3O6. The van der Waals surface area contributed by atoms with E-state index < -0.39 is 29.8 Å². The summed E-state index contributed by atoms with van der Waals surface area (Å²) in [5.41, 5.74) is -0.929. The summed E-state index contributed by atoms with van der Waals surface area (Å²) in [5, 5.41) is 10.3. The van der Waals surface area contributed by atoms with Crippen molar-refractivity contribution >= 4 is 11.9 Å². The minimum absolute atomic E-state index is 0.108. The molecule has 0 aliphatic heterocycles. The zero-order valence-electron chi connectivity index (χ0n) is 20.1. The van der Waals surface area contributed by atoms with Gasteiger partial charge in [0.1, 0.15) is 18.1 Å². The van der Waals surface area contributed by atoms with Gasteiger partial charge >= 0.3 is 18.1 Å². The highest BCUT2D eigenvalue weighted by Crippen LogP contribution is 2.33. The van der Waals surface area contributed by atoms with Gasteiger partial charge in [-0.2, -0.15) is 13.2 Å². The van der Waals surface area contributed by atoms with Crippen LogP contribution in [0, 0.1) is 0 Å². The quantitative estimate of drug-likeness (QED) is 0.298. The number of rotatable bonds is 12. The van der Waals surface area contributed by atoms with Crippen molar-refractivity contribution < 1.29 is 42.1 Å². The van der Waals surface area contributed by atoms with Gasteiger partial charge in [-0.3, -0.25) is 0 Å². The van der Waals surface area contributed by atoms with Crippen LogP contribution in [0.2, 0.25) is 0 Å². The first-order chi connectivity index (χ1) is 17.6. The third-order valence-electron chi connectivity index (χ3n) is 5.60. The lowest BCUT2D eigenvalue weighted by Crippen LogP contribution is -2.58. The summed E-state index contributed by atoms with van der Waals surface area (Å²) >= 11 is 0. The molecule has 3 rings (SSSR count). The molecule has 0 spiro atoms. The largest absolute Gasteiger partial charge is 0.490 e. The molecule has 6 nitrogen and oxygen atoms in total. The Labute approximate surface area is 212 Å². The third kappa shape index (κ3) is 7.49. The summed E-state index contributed by atoms with van der Waals surface area (Å²) in [6.07, 6.45) is -7.31. The van der Waals surface area contributed by atoms with E-state index in [0.717, 1.165) is 5.56 Å². The molecule has 1 N–H and O–H groups in total. The second-order valence-corrected chi connectivity index (χ2v) is 8.39. The van der Waals surface area contributed by atoms with Gasteiger partial charge in [0.15, 0.2) is 6.10 Å². The minimum atomic E-state index is -5.29. The van der Waals surface area contributed by atoms with E-state index in [-0.39, 0.29) is 25.0 Å². The summed E-state index contributed by atoms with van der Waals surface area (Å²) in [5.74, 6) is -3.41. The molecule has 3 aromatic carbocycles. The molecule has 0 aliphatic rings. The summed E-state index contributed by atoms with van der Waals surface area (Å²) < 4.78 is 55.5. The summed E-state index contributed by atoms with van der Waals surface area (Å²) in [6, 6.07) is 23.8. The predicted octanol–water partition coefficient (Wildman–Crippen LogP) is 5.98. The maximum absolute atomic E-state index is 13.1. The van der Waals surface area contributed by atoms with Crippen molar-refractivity contribution in [3.8, 4) is 11.5 Å². The number of hydrogen-bond donors (Lipinski definition) is 1. The van der Waals surface area contributed by atoms with Crippen LogP contribution in [-0.4, -0.2) is 34.9 Å². The molecule has 0 saturated carbocycles. The van der Waals surface area contributed by atoms with Crippen molar-refractivity contribution in [3.63, 3.8) is 0 Å². The molecule has 0 aliphatic carbocycles. The summed E-state index contributed by atoms with van der Waals surface area (Å²) in [4.78, 5) is 24.4. The van der Waals surface area contributed by atoms with E-state index in [4.69, 9.17) is 14.2 Å². The highest BCUT2D eigenvalue weighted by atomic mass is 19.4. The summed E-state index contributed by atoms with van der Waals surface area (Å²) in [6.45, 7) is 1.96. The number of carbonyl (C=O) groups is 2. The molecule has 0 amide bonds. The lowest BCUT2D eigenvalue weighted by atomic mass is 9.86. The molecule has 196 valence electrons. The molecule has 3 aromatic rings. The van der Waals surface area contributed by atoms with Crippen molar-refractivity contribution in [2.45, 2.75) is 50.7 Å². The van der Waals surface area contributed by atoms with E-state index in [9.17, 15) is 27.9 Å². The van der Waals surface area contributed by atoms with E-state index in [1.807, 2.05) is 30.3 Å². The SMILES string of the molecule is CCCC(OC(=O)C(F)(F)F)C(Cc1ccc(OCc2ccccc2)cc1)(Oc1ccccc1)C(=O)O. The van der Waals surface area contributed by atoms with Crippen LogP contribution >= 0.6 is 0 Å². The molecule has 0 bridgehead atoms. The van der Waals surface area contributed by atoms with Crippen molar-refractivity contribution in [1.82, 2.24) is 0 Å². The first-order valence-corrected chi connectivity index (χ1v) is 11.6. The standard InChI is InChI=1S/C28H27F3O6/c1-2-9-24(36-26(34)28(29,30)31)27(25(32)33,37-23-12-7-4-8-13-23)18-20-14-16-22(17-15-20)35-19-21-10-5-3-6-11-21/h3-8,10-17,24H,2,9,18-19H2,1H3,(H,32,33). The molecule has 0 heterocycles. The number of halogens is 3. The maximum atomic E-state index is 13.1. The van der Waals surface area contributed by atoms with E-state index in [1.165, 1.54) is 12.1 Å². The number of carboxylic acids is 1. The van der Waals surface area contributed by atoms with E-state index in [1.54, 1.807) is 49.4 Å². The van der Waals surface area contributed by atoms with Crippen molar-refractivity contribution in [1.29, 1.82) is 0 Å². The zero-order chi connectivity index (χ0) is 26.9. The van der Waals surface area contributed by atoms with Crippen LogP contribution in [-0.2, 0) is 27.4 Å². The first-order valence-electron chi connectivity index (χ1n) is 11.6. The number of para-hydroxylation sites is 1. The van der Waals surface area contributed by atoms with E-state index in [0.29, 0.717) is 17.9 Å². The van der Waals surface area contributed by atoms with Crippen LogP contribution in [0.4, 0.5) is 13.2 Å². The van der Waals surface area contributed by atoms with Crippen molar-refractivity contribution in [2.75, 3.05) is 0 Å². The second kappa shape index (κ2) is 12.3. The second-order valence-electron chi connectivity index (χ2n) is 8.39. The smallest absolute Gasteiger partial charge is 0.489 e. The van der Waals surface area contributed by atoms with Gasteiger partial charge in [0.25, 0.3) is 0 Å². The van der Waals surface area contributed by atoms with Gasteiger partial charge in [-0.15, -0.1) is 0 Å². The predicted molar refractivity (Wildman–Crippen MR) is 129 cm³/mol. The van der Waals surface area contributed by atoms with Crippen LogP contribution in [0.5, 0.6) is 11.5 Å². The maximum Gasteiger partial charge on any atom is 0.490 e. The minimum Gasteiger partial charge on any atom is -0.489 e. The van der Waals surface area contributed by atoms with Crippen molar-refractivity contribution in [3.05, 3.63) is 96.1 Å². The lowest BCUT2D eigenvalue weighted by molar-refractivity contribution is -0.216. The first kappa shape index (κ1) is 27.6. The normalized spacial score (nSPS) is 13.7. The van der Waals surface area contributed by atoms with Gasteiger partial charge in [0.2, 0.25) is 5.60 Å². The Morgan fingerprint density at radius 2 is 1.43 bits per heavy atom. The molecule has 0 fully saturated rings. The number of benzene rings is 3. The van der Waals surface area contributed by atoms with Crippen LogP contribution in [0.3, 0.4) is 0 Å². The zero-order valence-corrected chi connectivity index (χ0v) is 20.1. The van der Waals surface area contributed by atoms with Gasteiger partial charge in [0.05, 0.1) is 0 Å². The molecular weight excluding hydrogens is 489 g/mol. The van der Waals surface area contributed by atoms with Gasteiger partial charge in [0, 0.05) is 6.42 Å². The topological polar surface area (TPSA) is 82.1 Å². The third-order valence-corrected chi connectivity index (χ3v) is 5.60. The Kier molecular flexibility index (Phi) is 9.16. The van der Waals surface area contributed by atoms with Crippen LogP contribution in [0.1, 0.15) is 30.9 Å². The van der Waals surface area contributed by atoms with Gasteiger partial charge in [-0.05, 0) is 41.8 Å². The monoisotopic (exact) mass is 516 g/mol. The lowest BCUT2D eigenvalue weighted by Gasteiger charge is -2.37. The fraction of sp³-hybridized carbons (Fsp3) is 0.286. The average molecular weight is 517 g/mol. The Hall–Kier alpha value is -4.01. The Bertz CT molecular complexity index is 1150. The molecule has 0 saturated heterocycles. The van der Waals surface area contributed by atoms with Crippen molar-refractivity contribution in [2.24, 2.45) is 0 Å². The molecule has 0 radical (unpaired) electrons. The number of carboxylic acid groups (broad SMARTS) is 1. The molecule has 37 heavy (non-hydrogen) atoms. The number of aliphatic carboxylic acids is 1. The molecule has 9 heteroatoms. The van der Waals surface area contributed by atoms with E-state index in [2.05, 4.69) is 0 Å². The highest BCUT2D eigenvalue weighted by molar-refractivity contribution is 5.81. The van der Waals surface area contributed by atoms with Gasteiger partial charge in [-0.25, -0.2) is 9.59 Å². The van der Waals surface area contributed by atoms with Gasteiger partial charge in [-0.1, -0.05) is 74.0 Å². The number of carbonyl (C=O) groups excluding carboxylic acids is 1. The Balaban J connectivity index is 1.92. The molecule has 2 unspecified atom stereocenters. The number of esters is 1. The van der Waals surface area contributed by atoms with Crippen LogP contribution in [0.25, 0.3) is 0 Å². The fourth-order valence-corrected chi connectivity index (χ4v) is 3.76. The molecule has 0 aromatic heterocycles. The Morgan fingerprint density at radius 3 is 1.97 bits per heavy atom. The average Bonchev–Trinajstić information content (AvgIpc) is 2.88. The number of hydrogen-bond acceptors (Lipinski definition) is 5. The Morgan fingerprint density at radius 1 is 0.838 bits per heavy atom. The molecule has 2 atom stereocenters. The van der Waals surface area contributed by atoms with Crippen LogP contribution < -0.4 is 9.47 Å². The highest BCUT2D eigenvalue weighted by Gasteiger charge is 2.53. The van der Waals surface area contributed by atoms with Gasteiger partial charge < -0.3 is 19.3 Å². The number of ether oxygens (including phenoxy) is 3. The fourth-order valence-electron chi connectivity index (χ4n) is 3.76.